The quantitative estimate of drug-likeness (QED) is 0.646. The first-order chi connectivity index (χ1) is 10.7. The highest BCUT2D eigenvalue weighted by atomic mass is 35.5. The highest BCUT2D eigenvalue weighted by Crippen LogP contribution is 2.30. The van der Waals surface area contributed by atoms with Gasteiger partial charge in [0, 0.05) is 22.5 Å². The van der Waals surface area contributed by atoms with Crippen LogP contribution >= 0.6 is 22.9 Å². The topological polar surface area (TPSA) is 80.0 Å². The summed E-state index contributed by atoms with van der Waals surface area (Å²) >= 11 is 7.60. The minimum Gasteiger partial charge on any atom is -0.355 e. The van der Waals surface area contributed by atoms with E-state index in [4.69, 9.17) is 17.3 Å². The Bertz CT molecular complexity index is 617. The predicted octanol–water partition coefficient (Wildman–Crippen LogP) is 2.73. The Morgan fingerprint density at radius 3 is 2.91 bits per heavy atom. The summed E-state index contributed by atoms with van der Waals surface area (Å²) in [4.78, 5) is 16.1. The summed E-state index contributed by atoms with van der Waals surface area (Å²) in [7, 11) is 0. The van der Waals surface area contributed by atoms with Crippen LogP contribution in [0.3, 0.4) is 0 Å². The number of unbranched alkanes of at least 4 members (excludes halogenated alkanes) is 1. The lowest BCUT2D eigenvalue weighted by Gasteiger charge is -2.05. The van der Waals surface area contributed by atoms with Gasteiger partial charge in [-0.05, 0) is 25.5 Å². The monoisotopic (exact) mass is 338 g/mol. The highest BCUT2D eigenvalue weighted by molar-refractivity contribution is 7.14. The Morgan fingerprint density at radius 2 is 2.14 bits per heavy atom. The SMILES string of the molecule is NCCCCNC(=O)CNc1nc(-c2ccccc2Cl)cs1. The van der Waals surface area contributed by atoms with Gasteiger partial charge in [-0.25, -0.2) is 4.98 Å². The van der Waals surface area contributed by atoms with Gasteiger partial charge in [-0.15, -0.1) is 11.3 Å². The molecule has 1 aromatic heterocycles. The van der Waals surface area contributed by atoms with Crippen molar-refractivity contribution < 1.29 is 4.79 Å². The average molecular weight is 339 g/mol. The first-order valence-corrected chi connectivity index (χ1v) is 8.37. The molecule has 7 heteroatoms. The van der Waals surface area contributed by atoms with Crippen molar-refractivity contribution in [1.82, 2.24) is 10.3 Å². The van der Waals surface area contributed by atoms with Crippen LogP contribution in [0.5, 0.6) is 0 Å². The summed E-state index contributed by atoms with van der Waals surface area (Å²) in [6.45, 7) is 1.51. The Balaban J connectivity index is 1.83. The van der Waals surface area contributed by atoms with Crippen LogP contribution in [0.1, 0.15) is 12.8 Å². The van der Waals surface area contributed by atoms with E-state index in [1.54, 1.807) is 0 Å². The molecule has 0 aliphatic rings. The molecule has 0 fully saturated rings. The average Bonchev–Trinajstić information content (AvgIpc) is 2.99. The number of aromatic nitrogens is 1. The van der Waals surface area contributed by atoms with Gasteiger partial charge in [0.05, 0.1) is 12.2 Å². The van der Waals surface area contributed by atoms with Gasteiger partial charge in [0.15, 0.2) is 5.13 Å². The number of carbonyl (C=O) groups excluding carboxylic acids is 1. The molecule has 0 saturated carbocycles. The third-order valence-electron chi connectivity index (χ3n) is 3.01. The summed E-state index contributed by atoms with van der Waals surface area (Å²) in [6, 6.07) is 7.55. The second kappa shape index (κ2) is 8.73. The maximum atomic E-state index is 11.7. The van der Waals surface area contributed by atoms with Crippen molar-refractivity contribution in [3.63, 3.8) is 0 Å². The van der Waals surface area contributed by atoms with E-state index in [-0.39, 0.29) is 12.5 Å². The van der Waals surface area contributed by atoms with Crippen LogP contribution < -0.4 is 16.4 Å². The van der Waals surface area contributed by atoms with Crippen LogP contribution in [-0.2, 0) is 4.79 Å². The lowest BCUT2D eigenvalue weighted by Crippen LogP contribution is -2.30. The summed E-state index contributed by atoms with van der Waals surface area (Å²) in [5, 5.41) is 9.14. The van der Waals surface area contributed by atoms with Crippen molar-refractivity contribution in [3.05, 3.63) is 34.7 Å². The number of hydrogen-bond donors (Lipinski definition) is 3. The van der Waals surface area contributed by atoms with Crippen LogP contribution in [0.2, 0.25) is 5.02 Å². The number of hydrogen-bond acceptors (Lipinski definition) is 5. The molecule has 0 spiro atoms. The summed E-state index contributed by atoms with van der Waals surface area (Å²) < 4.78 is 0. The Hall–Kier alpha value is -1.63. The number of amides is 1. The molecule has 0 aliphatic carbocycles. The van der Waals surface area contributed by atoms with E-state index in [9.17, 15) is 4.79 Å². The number of nitrogens with zero attached hydrogens (tertiary/aromatic N) is 1. The molecule has 0 radical (unpaired) electrons. The minimum absolute atomic E-state index is 0.0495. The van der Waals surface area contributed by atoms with Gasteiger partial charge in [-0.3, -0.25) is 4.79 Å². The van der Waals surface area contributed by atoms with Crippen molar-refractivity contribution >= 4 is 34.0 Å². The first-order valence-electron chi connectivity index (χ1n) is 7.12. The van der Waals surface area contributed by atoms with E-state index >= 15 is 0 Å². The van der Waals surface area contributed by atoms with E-state index in [2.05, 4.69) is 15.6 Å². The van der Waals surface area contributed by atoms with Crippen LogP contribution in [0.15, 0.2) is 29.6 Å². The maximum absolute atomic E-state index is 11.7. The number of halogens is 1. The van der Waals surface area contributed by atoms with Crippen molar-refractivity contribution in [1.29, 1.82) is 0 Å². The summed E-state index contributed by atoms with van der Waals surface area (Å²) in [5.41, 5.74) is 7.10. The van der Waals surface area contributed by atoms with E-state index in [0.717, 1.165) is 24.1 Å². The van der Waals surface area contributed by atoms with Gasteiger partial charge in [0.25, 0.3) is 0 Å². The Labute approximate surface area is 138 Å². The normalized spacial score (nSPS) is 10.5. The molecule has 118 valence electrons. The second-order valence-electron chi connectivity index (χ2n) is 4.72. The van der Waals surface area contributed by atoms with E-state index in [0.29, 0.717) is 23.2 Å². The highest BCUT2D eigenvalue weighted by Gasteiger charge is 2.08. The molecule has 1 heterocycles. The number of carbonyl (C=O) groups is 1. The second-order valence-corrected chi connectivity index (χ2v) is 5.98. The van der Waals surface area contributed by atoms with Gasteiger partial charge in [0.2, 0.25) is 5.91 Å². The molecule has 22 heavy (non-hydrogen) atoms. The molecule has 1 amide bonds. The van der Waals surface area contributed by atoms with E-state index < -0.39 is 0 Å². The largest absolute Gasteiger partial charge is 0.355 e. The number of rotatable bonds is 8. The van der Waals surface area contributed by atoms with Crippen LogP contribution in [0.25, 0.3) is 11.3 Å². The lowest BCUT2D eigenvalue weighted by molar-refractivity contribution is -0.119. The summed E-state index contributed by atoms with van der Waals surface area (Å²) in [6.07, 6.45) is 1.82. The van der Waals surface area contributed by atoms with Crippen LogP contribution in [-0.4, -0.2) is 30.5 Å². The van der Waals surface area contributed by atoms with Crippen molar-refractivity contribution in [2.75, 3.05) is 25.0 Å². The van der Waals surface area contributed by atoms with E-state index in [1.807, 2.05) is 29.6 Å². The van der Waals surface area contributed by atoms with Crippen LogP contribution in [0, 0.1) is 0 Å². The molecule has 1 aromatic carbocycles. The fourth-order valence-electron chi connectivity index (χ4n) is 1.86. The molecular weight excluding hydrogens is 320 g/mol. The molecule has 0 bridgehead atoms. The molecule has 0 unspecified atom stereocenters. The molecule has 4 N–H and O–H groups in total. The molecule has 0 saturated heterocycles. The standard InChI is InChI=1S/C15H19ClN4OS/c16-12-6-2-1-5-11(12)13-10-22-15(20-13)19-9-14(21)18-8-4-3-7-17/h1-2,5-6,10H,3-4,7-9,17H2,(H,18,21)(H,19,20). The fraction of sp³-hybridized carbons (Fsp3) is 0.333. The van der Waals surface area contributed by atoms with Crippen molar-refractivity contribution in [2.24, 2.45) is 5.73 Å². The number of benzene rings is 1. The van der Waals surface area contributed by atoms with Gasteiger partial charge < -0.3 is 16.4 Å². The zero-order valence-electron chi connectivity index (χ0n) is 12.1. The molecule has 0 atom stereocenters. The predicted molar refractivity (Wildman–Crippen MR) is 92.3 cm³/mol. The minimum atomic E-state index is -0.0495. The Kier molecular flexibility index (Phi) is 6.64. The number of thiazole rings is 1. The zero-order chi connectivity index (χ0) is 15.8. The van der Waals surface area contributed by atoms with Gasteiger partial charge >= 0.3 is 0 Å². The first kappa shape index (κ1) is 16.7. The summed E-state index contributed by atoms with van der Waals surface area (Å²) in [5.74, 6) is -0.0495. The van der Waals surface area contributed by atoms with Gasteiger partial charge in [-0.1, -0.05) is 29.8 Å². The number of anilines is 1. The van der Waals surface area contributed by atoms with Gasteiger partial charge in [0.1, 0.15) is 0 Å². The molecule has 2 rings (SSSR count). The third-order valence-corrected chi connectivity index (χ3v) is 4.14. The van der Waals surface area contributed by atoms with Crippen molar-refractivity contribution in [3.8, 4) is 11.3 Å². The molecule has 5 nitrogen and oxygen atoms in total. The van der Waals surface area contributed by atoms with E-state index in [1.165, 1.54) is 11.3 Å². The maximum Gasteiger partial charge on any atom is 0.239 e. The smallest absolute Gasteiger partial charge is 0.239 e. The molecular formula is C15H19ClN4OS. The Morgan fingerprint density at radius 1 is 1.32 bits per heavy atom. The third kappa shape index (κ3) is 4.98. The zero-order valence-corrected chi connectivity index (χ0v) is 13.7. The number of nitrogens with two attached hydrogens (primary N) is 1. The molecule has 0 aliphatic heterocycles. The molecule has 2 aromatic rings. The van der Waals surface area contributed by atoms with Gasteiger partial charge in [-0.2, -0.15) is 0 Å². The van der Waals surface area contributed by atoms with Crippen molar-refractivity contribution in [2.45, 2.75) is 12.8 Å². The fourth-order valence-corrected chi connectivity index (χ4v) is 2.81. The lowest BCUT2D eigenvalue weighted by atomic mass is 10.2. The van der Waals surface area contributed by atoms with Crippen LogP contribution in [0.4, 0.5) is 5.13 Å². The number of nitrogens with one attached hydrogen (secondary N) is 2.